The van der Waals surface area contributed by atoms with Gasteiger partial charge in [-0.15, -0.1) is 0 Å². The minimum atomic E-state index is 0.254. The SMILES string of the molecule is CN(C)c1ccc(-c2cc3n(c(=N)c2C#N)CCc2cc4c(cc2-3)OCCCO4)cc1. The minimum Gasteiger partial charge on any atom is -0.490 e. The number of hydrogen-bond donors (Lipinski definition) is 1. The zero-order valence-electron chi connectivity index (χ0n) is 17.7. The van der Waals surface area contributed by atoms with Gasteiger partial charge in [0.1, 0.15) is 17.1 Å². The number of aryl methyl sites for hydroxylation is 1. The monoisotopic (exact) mass is 412 g/mol. The number of rotatable bonds is 2. The van der Waals surface area contributed by atoms with Crippen molar-refractivity contribution in [3.63, 3.8) is 0 Å². The highest BCUT2D eigenvalue weighted by Crippen LogP contribution is 2.40. The number of pyridine rings is 1. The van der Waals surface area contributed by atoms with Gasteiger partial charge in [0.15, 0.2) is 11.5 Å². The van der Waals surface area contributed by atoms with Crippen LogP contribution in [0, 0.1) is 16.7 Å². The fourth-order valence-corrected chi connectivity index (χ4v) is 4.33. The molecule has 6 heteroatoms. The number of aromatic nitrogens is 1. The summed E-state index contributed by atoms with van der Waals surface area (Å²) in [5.74, 6) is 1.54. The summed E-state index contributed by atoms with van der Waals surface area (Å²) in [4.78, 5) is 2.04. The molecule has 5 rings (SSSR count). The Balaban J connectivity index is 1.70. The summed E-state index contributed by atoms with van der Waals surface area (Å²) < 4.78 is 13.7. The van der Waals surface area contributed by atoms with Crippen LogP contribution in [0.5, 0.6) is 11.5 Å². The van der Waals surface area contributed by atoms with E-state index in [1.807, 2.05) is 60.0 Å². The van der Waals surface area contributed by atoms with Crippen molar-refractivity contribution in [3.8, 4) is 40.0 Å². The quantitative estimate of drug-likeness (QED) is 0.692. The van der Waals surface area contributed by atoms with E-state index in [1.165, 1.54) is 5.56 Å². The molecule has 0 saturated carbocycles. The molecule has 3 aromatic rings. The van der Waals surface area contributed by atoms with Crippen molar-refractivity contribution in [3.05, 3.63) is 59.1 Å². The summed E-state index contributed by atoms with van der Waals surface area (Å²) in [6, 6.07) is 16.5. The highest BCUT2D eigenvalue weighted by Gasteiger charge is 2.24. The third kappa shape index (κ3) is 3.23. The highest BCUT2D eigenvalue weighted by molar-refractivity contribution is 5.79. The van der Waals surface area contributed by atoms with Gasteiger partial charge in [0.25, 0.3) is 0 Å². The lowest BCUT2D eigenvalue weighted by atomic mass is 9.92. The summed E-state index contributed by atoms with van der Waals surface area (Å²) in [6.45, 7) is 1.95. The zero-order valence-corrected chi connectivity index (χ0v) is 17.7. The van der Waals surface area contributed by atoms with E-state index in [9.17, 15) is 5.26 Å². The molecule has 0 aliphatic carbocycles. The molecule has 0 unspecified atom stereocenters. The van der Waals surface area contributed by atoms with Crippen molar-refractivity contribution in [1.82, 2.24) is 4.57 Å². The van der Waals surface area contributed by atoms with E-state index in [-0.39, 0.29) is 5.49 Å². The van der Waals surface area contributed by atoms with E-state index in [0.29, 0.717) is 25.3 Å². The van der Waals surface area contributed by atoms with Crippen LogP contribution in [0.1, 0.15) is 17.5 Å². The number of nitrogens with zero attached hydrogens (tertiary/aromatic N) is 3. The summed E-state index contributed by atoms with van der Waals surface area (Å²) in [5, 5.41) is 18.6. The first-order valence-corrected chi connectivity index (χ1v) is 10.5. The smallest absolute Gasteiger partial charge is 0.161 e. The first kappa shape index (κ1) is 19.3. The number of fused-ring (bicyclic) bond motifs is 4. The van der Waals surface area contributed by atoms with Crippen LogP contribution >= 0.6 is 0 Å². The topological polar surface area (TPSA) is 74.3 Å². The molecule has 31 heavy (non-hydrogen) atoms. The number of benzene rings is 2. The lowest BCUT2D eigenvalue weighted by Crippen LogP contribution is -2.28. The first-order chi connectivity index (χ1) is 15.1. The van der Waals surface area contributed by atoms with Gasteiger partial charge >= 0.3 is 0 Å². The average Bonchev–Trinajstić information content (AvgIpc) is 3.02. The zero-order chi connectivity index (χ0) is 21.5. The molecule has 2 aliphatic rings. The lowest BCUT2D eigenvalue weighted by molar-refractivity contribution is 0.297. The Morgan fingerprint density at radius 2 is 1.71 bits per heavy atom. The molecule has 0 radical (unpaired) electrons. The van der Waals surface area contributed by atoms with Crippen LogP contribution in [0.4, 0.5) is 5.69 Å². The number of nitriles is 1. The Bertz CT molecular complexity index is 1270. The molecule has 0 fully saturated rings. The van der Waals surface area contributed by atoms with Crippen molar-refractivity contribution in [1.29, 1.82) is 10.7 Å². The molecule has 1 aromatic heterocycles. The van der Waals surface area contributed by atoms with Gasteiger partial charge in [0.2, 0.25) is 0 Å². The Labute approximate surface area is 181 Å². The fourth-order valence-electron chi connectivity index (χ4n) is 4.33. The molecule has 0 bridgehead atoms. The van der Waals surface area contributed by atoms with E-state index in [4.69, 9.17) is 14.9 Å². The normalized spacial score (nSPS) is 14.1. The van der Waals surface area contributed by atoms with Crippen molar-refractivity contribution < 1.29 is 9.47 Å². The van der Waals surface area contributed by atoms with E-state index >= 15 is 0 Å². The van der Waals surface area contributed by atoms with Crippen LogP contribution in [0.3, 0.4) is 0 Å². The predicted octanol–water partition coefficient (Wildman–Crippen LogP) is 3.96. The van der Waals surface area contributed by atoms with Gasteiger partial charge < -0.3 is 18.9 Å². The number of hydrogen-bond acceptors (Lipinski definition) is 5. The molecule has 6 nitrogen and oxygen atoms in total. The molecule has 2 aromatic carbocycles. The van der Waals surface area contributed by atoms with Crippen LogP contribution in [0.25, 0.3) is 22.4 Å². The second-order valence-electron chi connectivity index (χ2n) is 8.13. The second kappa shape index (κ2) is 7.51. The number of ether oxygens (including phenoxy) is 2. The molecular formula is C25H24N4O2. The maximum absolute atomic E-state index is 9.86. The van der Waals surface area contributed by atoms with Gasteiger partial charge in [0, 0.05) is 43.9 Å². The average molecular weight is 412 g/mol. The summed E-state index contributed by atoms with van der Waals surface area (Å²) in [5.41, 5.74) is 6.62. The molecule has 1 N–H and O–H groups in total. The van der Waals surface area contributed by atoms with Crippen LogP contribution in [0.2, 0.25) is 0 Å². The Kier molecular flexibility index (Phi) is 4.67. The van der Waals surface area contributed by atoms with E-state index < -0.39 is 0 Å². The molecular weight excluding hydrogens is 388 g/mol. The molecule has 3 heterocycles. The Morgan fingerprint density at radius 1 is 1.00 bits per heavy atom. The summed E-state index contributed by atoms with van der Waals surface area (Å²) >= 11 is 0. The van der Waals surface area contributed by atoms with E-state index in [2.05, 4.69) is 12.1 Å². The maximum Gasteiger partial charge on any atom is 0.161 e. The summed E-state index contributed by atoms with van der Waals surface area (Å²) in [7, 11) is 4.00. The van der Waals surface area contributed by atoms with Crippen molar-refractivity contribution in [2.75, 3.05) is 32.2 Å². The standard InChI is InChI=1S/C25H24N4O2/c1-28(2)18-6-4-16(5-7-18)19-13-22-20-14-24-23(30-10-3-11-31-24)12-17(20)8-9-29(22)25(27)21(19)15-26/h4-7,12-14,27H,3,8-11H2,1-2H3. The van der Waals surface area contributed by atoms with Crippen LogP contribution < -0.4 is 19.9 Å². The van der Waals surface area contributed by atoms with E-state index in [1.54, 1.807) is 0 Å². The molecule has 0 atom stereocenters. The predicted molar refractivity (Wildman–Crippen MR) is 120 cm³/mol. The largest absolute Gasteiger partial charge is 0.490 e. The van der Waals surface area contributed by atoms with Gasteiger partial charge in [0.05, 0.1) is 18.9 Å². The van der Waals surface area contributed by atoms with Crippen LogP contribution in [-0.2, 0) is 13.0 Å². The Morgan fingerprint density at radius 3 is 2.39 bits per heavy atom. The van der Waals surface area contributed by atoms with Gasteiger partial charge in [-0.2, -0.15) is 5.26 Å². The van der Waals surface area contributed by atoms with Gasteiger partial charge in [-0.05, 0) is 47.9 Å². The third-order valence-electron chi connectivity index (χ3n) is 6.01. The van der Waals surface area contributed by atoms with Crippen LogP contribution in [0.15, 0.2) is 42.5 Å². The minimum absolute atomic E-state index is 0.254. The maximum atomic E-state index is 9.86. The second-order valence-corrected chi connectivity index (χ2v) is 8.13. The highest BCUT2D eigenvalue weighted by atomic mass is 16.5. The van der Waals surface area contributed by atoms with Crippen molar-refractivity contribution in [2.24, 2.45) is 0 Å². The number of anilines is 1. The molecule has 2 aliphatic heterocycles. The van der Waals surface area contributed by atoms with Crippen molar-refractivity contribution >= 4 is 5.69 Å². The van der Waals surface area contributed by atoms with Gasteiger partial charge in [-0.25, -0.2) is 0 Å². The molecule has 0 amide bonds. The first-order valence-electron chi connectivity index (χ1n) is 10.5. The fraction of sp³-hybridized carbons (Fsp3) is 0.280. The van der Waals surface area contributed by atoms with Crippen LogP contribution in [-0.4, -0.2) is 31.9 Å². The van der Waals surface area contributed by atoms with Gasteiger partial charge in [-0.3, -0.25) is 5.41 Å². The number of nitrogens with one attached hydrogen (secondary N) is 1. The molecule has 0 spiro atoms. The summed E-state index contributed by atoms with van der Waals surface area (Å²) in [6.07, 6.45) is 1.65. The molecule has 0 saturated heterocycles. The Hall–Kier alpha value is -3.72. The third-order valence-corrected chi connectivity index (χ3v) is 6.01. The van der Waals surface area contributed by atoms with Crippen molar-refractivity contribution in [2.45, 2.75) is 19.4 Å². The molecule has 156 valence electrons. The lowest BCUT2D eigenvalue weighted by Gasteiger charge is -2.25. The van der Waals surface area contributed by atoms with E-state index in [0.717, 1.165) is 52.4 Å². The van der Waals surface area contributed by atoms with Gasteiger partial charge in [-0.1, -0.05) is 12.1 Å².